The van der Waals surface area contributed by atoms with E-state index in [-0.39, 0.29) is 0 Å². The number of aromatic nitrogens is 3. The van der Waals surface area contributed by atoms with Gasteiger partial charge in [0.15, 0.2) is 11.4 Å². The van der Waals surface area contributed by atoms with Crippen LogP contribution < -0.4 is 0 Å². The van der Waals surface area contributed by atoms with Crippen molar-refractivity contribution in [2.24, 2.45) is 0 Å². The standard InChI is InChI=1S/C50H29N5/c1-51-34-25-26-47-42(31-34)40-17-5-9-21-45(40)55(47)49-24-12-23-48-50(49)41-18-6-10-22-46(41)53(48)36-14-11-13-32(28-36)33-27-35(52-2)30-37(29-33)54-43-19-7-3-15-38(43)39-16-4-8-20-44(39)54/h3-31H. The summed E-state index contributed by atoms with van der Waals surface area (Å²) < 4.78 is 6.98. The summed E-state index contributed by atoms with van der Waals surface area (Å²) in [5.74, 6) is 0. The van der Waals surface area contributed by atoms with Crippen LogP contribution in [0, 0.1) is 13.1 Å². The van der Waals surface area contributed by atoms with E-state index in [0.29, 0.717) is 11.4 Å². The second kappa shape index (κ2) is 11.8. The van der Waals surface area contributed by atoms with Crippen LogP contribution in [0.25, 0.3) is 103 Å². The third-order valence-corrected chi connectivity index (χ3v) is 11.0. The molecule has 0 aliphatic heterocycles. The summed E-state index contributed by atoms with van der Waals surface area (Å²) in [6.45, 7) is 15.8. The molecule has 11 rings (SSSR count). The quantitative estimate of drug-likeness (QED) is 0.163. The van der Waals surface area contributed by atoms with Crippen molar-refractivity contribution in [3.63, 3.8) is 0 Å². The van der Waals surface area contributed by atoms with Crippen LogP contribution in [0.4, 0.5) is 11.4 Å². The van der Waals surface area contributed by atoms with Crippen LogP contribution in [0.2, 0.25) is 0 Å². The highest BCUT2D eigenvalue weighted by molar-refractivity contribution is 6.17. The molecule has 5 heteroatoms. The number of benzene rings is 8. The zero-order chi connectivity index (χ0) is 36.6. The van der Waals surface area contributed by atoms with Gasteiger partial charge in [-0.05, 0) is 95.4 Å². The van der Waals surface area contributed by atoms with E-state index >= 15 is 0 Å². The lowest BCUT2D eigenvalue weighted by atomic mass is 10.0. The highest BCUT2D eigenvalue weighted by atomic mass is 15.0. The minimum absolute atomic E-state index is 0.593. The van der Waals surface area contributed by atoms with Gasteiger partial charge in [-0.1, -0.05) is 97.1 Å². The Bertz CT molecular complexity index is 3420. The van der Waals surface area contributed by atoms with Gasteiger partial charge < -0.3 is 13.7 Å². The molecule has 0 atom stereocenters. The number of rotatable bonds is 4. The Hall–Kier alpha value is -7.86. The Morgan fingerprint density at radius 1 is 0.327 bits per heavy atom. The van der Waals surface area contributed by atoms with E-state index in [4.69, 9.17) is 13.1 Å². The van der Waals surface area contributed by atoms with Gasteiger partial charge in [-0.15, -0.1) is 0 Å². The van der Waals surface area contributed by atoms with E-state index in [1.807, 2.05) is 24.3 Å². The summed E-state index contributed by atoms with van der Waals surface area (Å²) in [4.78, 5) is 7.68. The number of hydrogen-bond donors (Lipinski definition) is 0. The molecule has 0 radical (unpaired) electrons. The van der Waals surface area contributed by atoms with Crippen LogP contribution in [-0.4, -0.2) is 13.7 Å². The molecule has 0 bridgehead atoms. The average molecular weight is 700 g/mol. The molecular formula is C50H29N5. The smallest absolute Gasteiger partial charge is 0.189 e. The normalized spacial score (nSPS) is 11.6. The lowest BCUT2D eigenvalue weighted by Gasteiger charge is -2.14. The summed E-state index contributed by atoms with van der Waals surface area (Å²) in [6, 6.07) is 61.4. The first-order valence-electron chi connectivity index (χ1n) is 18.3. The van der Waals surface area contributed by atoms with Gasteiger partial charge in [-0.25, -0.2) is 9.69 Å². The number of nitrogens with zero attached hydrogens (tertiary/aromatic N) is 5. The zero-order valence-electron chi connectivity index (χ0n) is 29.5. The van der Waals surface area contributed by atoms with Gasteiger partial charge in [0.25, 0.3) is 0 Å². The van der Waals surface area contributed by atoms with Gasteiger partial charge in [-0.3, -0.25) is 0 Å². The third kappa shape index (κ3) is 4.51. The Labute approximate surface area is 316 Å². The Morgan fingerprint density at radius 3 is 1.55 bits per heavy atom. The summed E-state index contributed by atoms with van der Waals surface area (Å²) in [6.07, 6.45) is 0. The Kier molecular flexibility index (Phi) is 6.61. The van der Waals surface area contributed by atoms with Crippen LogP contribution >= 0.6 is 0 Å². The molecule has 0 spiro atoms. The number of hydrogen-bond acceptors (Lipinski definition) is 0. The van der Waals surface area contributed by atoms with E-state index in [1.54, 1.807) is 0 Å². The minimum Gasteiger partial charge on any atom is -0.310 e. The molecule has 0 N–H and O–H groups in total. The molecule has 0 unspecified atom stereocenters. The maximum atomic E-state index is 8.08. The van der Waals surface area contributed by atoms with Crippen molar-refractivity contribution in [2.45, 2.75) is 0 Å². The van der Waals surface area contributed by atoms with Crippen molar-refractivity contribution in [1.82, 2.24) is 13.7 Å². The molecule has 3 heterocycles. The SMILES string of the molecule is [C-]#[N+]c1cc(-c2cccc(-n3c4ccccc4c4c(-n5c6ccccc6c6cc([N+]#[C-])ccc65)cccc43)c2)cc(-n2c3ccccc3c3ccccc32)c1. The fourth-order valence-electron chi connectivity index (χ4n) is 8.74. The predicted octanol–water partition coefficient (Wildman–Crippen LogP) is 13.7. The Balaban J connectivity index is 1.13. The van der Waals surface area contributed by atoms with Crippen molar-refractivity contribution < 1.29 is 0 Å². The fraction of sp³-hybridized carbons (Fsp3) is 0. The molecule has 11 aromatic rings. The molecular weight excluding hydrogens is 671 g/mol. The first-order valence-corrected chi connectivity index (χ1v) is 18.3. The van der Waals surface area contributed by atoms with Crippen molar-refractivity contribution in [2.75, 3.05) is 0 Å². The van der Waals surface area contributed by atoms with E-state index < -0.39 is 0 Å². The second-order valence-electron chi connectivity index (χ2n) is 14.0. The summed E-state index contributed by atoms with van der Waals surface area (Å²) >= 11 is 0. The van der Waals surface area contributed by atoms with Crippen LogP contribution in [-0.2, 0) is 0 Å². The molecule has 0 saturated carbocycles. The molecule has 0 aliphatic carbocycles. The van der Waals surface area contributed by atoms with Crippen LogP contribution in [0.3, 0.4) is 0 Å². The van der Waals surface area contributed by atoms with Crippen LogP contribution in [0.15, 0.2) is 176 Å². The Morgan fingerprint density at radius 2 is 0.855 bits per heavy atom. The lowest BCUT2D eigenvalue weighted by Crippen LogP contribution is -1.97. The monoisotopic (exact) mass is 699 g/mol. The fourth-order valence-corrected chi connectivity index (χ4v) is 8.74. The van der Waals surface area contributed by atoms with Crippen LogP contribution in [0.1, 0.15) is 0 Å². The van der Waals surface area contributed by atoms with Crippen LogP contribution in [0.5, 0.6) is 0 Å². The third-order valence-electron chi connectivity index (χ3n) is 11.0. The number of para-hydroxylation sites is 4. The van der Waals surface area contributed by atoms with E-state index in [9.17, 15) is 0 Å². The molecule has 0 aliphatic rings. The lowest BCUT2D eigenvalue weighted by molar-refractivity contribution is 1.17. The topological polar surface area (TPSA) is 23.5 Å². The predicted molar refractivity (Wildman–Crippen MR) is 227 cm³/mol. The molecule has 8 aromatic carbocycles. The first-order chi connectivity index (χ1) is 27.2. The minimum atomic E-state index is 0.593. The maximum Gasteiger partial charge on any atom is 0.189 e. The highest BCUT2D eigenvalue weighted by Gasteiger charge is 2.20. The van der Waals surface area contributed by atoms with E-state index in [2.05, 4.69) is 175 Å². The maximum absolute atomic E-state index is 8.08. The van der Waals surface area contributed by atoms with Gasteiger partial charge >= 0.3 is 0 Å². The highest BCUT2D eigenvalue weighted by Crippen LogP contribution is 2.42. The largest absolute Gasteiger partial charge is 0.310 e. The summed E-state index contributed by atoms with van der Waals surface area (Å²) in [5.41, 5.74) is 12.9. The van der Waals surface area contributed by atoms with Gasteiger partial charge in [0, 0.05) is 38.3 Å². The van der Waals surface area contributed by atoms with Crippen molar-refractivity contribution in [3.05, 3.63) is 199 Å². The number of fused-ring (bicyclic) bond motifs is 9. The van der Waals surface area contributed by atoms with Gasteiger partial charge in [0.1, 0.15) is 0 Å². The van der Waals surface area contributed by atoms with Gasteiger partial charge in [-0.2, -0.15) is 0 Å². The van der Waals surface area contributed by atoms with E-state index in [1.165, 1.54) is 10.8 Å². The summed E-state index contributed by atoms with van der Waals surface area (Å²) in [5, 5.41) is 6.89. The molecule has 3 aromatic heterocycles. The van der Waals surface area contributed by atoms with Crippen molar-refractivity contribution >= 4 is 76.8 Å². The molecule has 5 nitrogen and oxygen atoms in total. The molecule has 55 heavy (non-hydrogen) atoms. The van der Waals surface area contributed by atoms with Gasteiger partial charge in [0.2, 0.25) is 0 Å². The van der Waals surface area contributed by atoms with Crippen molar-refractivity contribution in [1.29, 1.82) is 0 Å². The van der Waals surface area contributed by atoms with Gasteiger partial charge in [0.05, 0.1) is 51.9 Å². The second-order valence-corrected chi connectivity index (χ2v) is 14.0. The molecule has 254 valence electrons. The molecule has 0 amide bonds. The first kappa shape index (κ1) is 30.7. The molecule has 0 fully saturated rings. The average Bonchev–Trinajstić information content (AvgIpc) is 3.89. The molecule has 0 saturated heterocycles. The summed E-state index contributed by atoms with van der Waals surface area (Å²) in [7, 11) is 0. The van der Waals surface area contributed by atoms with E-state index in [0.717, 1.165) is 82.8 Å². The zero-order valence-corrected chi connectivity index (χ0v) is 29.5. The van der Waals surface area contributed by atoms with Crippen molar-refractivity contribution in [3.8, 4) is 28.2 Å².